The number of nitrogens with zero attached hydrogens (tertiary/aromatic N) is 3. The van der Waals surface area contributed by atoms with E-state index in [4.69, 9.17) is 14.5 Å². The van der Waals surface area contributed by atoms with Gasteiger partial charge in [0.05, 0.1) is 17.5 Å². The van der Waals surface area contributed by atoms with E-state index in [9.17, 15) is 16.8 Å². The third-order valence-corrected chi connectivity index (χ3v) is 4.01. The molecule has 0 amide bonds. The summed E-state index contributed by atoms with van der Waals surface area (Å²) < 4.78 is 61.6. The molecule has 0 aromatic heterocycles. The van der Waals surface area contributed by atoms with Crippen molar-refractivity contribution in [1.29, 1.82) is 5.39 Å². The molecule has 0 bridgehead atoms. The van der Waals surface area contributed by atoms with Gasteiger partial charge in [0.25, 0.3) is 20.2 Å². The predicted octanol–water partition coefficient (Wildman–Crippen LogP) is 0.742. The highest BCUT2D eigenvalue weighted by Crippen LogP contribution is 2.28. The first-order valence-electron chi connectivity index (χ1n) is 5.17. The Kier molecular flexibility index (Phi) is 4.66. The highest BCUT2D eigenvalue weighted by molar-refractivity contribution is 7.86. The molecule has 1 rings (SSSR count). The molecule has 0 radical (unpaired) electrons. The molecule has 20 heavy (non-hydrogen) atoms. The molecule has 1 aromatic rings. The second kappa shape index (κ2) is 5.71. The highest BCUT2D eigenvalue weighted by atomic mass is 32.2. The van der Waals surface area contributed by atoms with Crippen molar-refractivity contribution in [1.82, 2.24) is 0 Å². The summed E-state index contributed by atoms with van der Waals surface area (Å²) in [6, 6.07) is 3.44. The van der Waals surface area contributed by atoms with E-state index in [1.165, 1.54) is 24.1 Å². The minimum absolute atomic E-state index is 0.00329. The summed E-state index contributed by atoms with van der Waals surface area (Å²) in [6.07, 6.45) is 0. The Labute approximate surface area is 116 Å². The topological polar surface area (TPSA) is 140 Å². The summed E-state index contributed by atoms with van der Waals surface area (Å²) in [6.45, 7) is -0.197. The molecule has 0 aliphatic rings. The van der Waals surface area contributed by atoms with Crippen molar-refractivity contribution < 1.29 is 25.9 Å². The van der Waals surface area contributed by atoms with E-state index in [-0.39, 0.29) is 17.9 Å². The Hall–Kier alpha value is -1.74. The smallest absolute Gasteiger partial charge is 0.372 e. The van der Waals surface area contributed by atoms with Gasteiger partial charge in [-0.3, -0.25) is 9.11 Å². The van der Waals surface area contributed by atoms with Crippen LogP contribution in [0.5, 0.6) is 0 Å². The van der Waals surface area contributed by atoms with E-state index in [0.717, 1.165) is 6.07 Å². The Bertz CT molecular complexity index is 750. The Balaban J connectivity index is 3.21. The normalized spacial score (nSPS) is 11.9. The lowest BCUT2D eigenvalue weighted by Gasteiger charge is -2.20. The van der Waals surface area contributed by atoms with Gasteiger partial charge in [0, 0.05) is 19.7 Å². The zero-order valence-electron chi connectivity index (χ0n) is 10.3. The van der Waals surface area contributed by atoms with Gasteiger partial charge in [-0.05, 0) is 6.07 Å². The molecule has 0 unspecified atom stereocenters. The monoisotopic (exact) mass is 322 g/mol. The molecule has 0 aliphatic carbocycles. The van der Waals surface area contributed by atoms with Gasteiger partial charge in [-0.25, -0.2) is 0 Å². The van der Waals surface area contributed by atoms with E-state index in [1.54, 1.807) is 0 Å². The number of benzene rings is 1. The molecule has 0 saturated carbocycles. The lowest BCUT2D eigenvalue weighted by atomic mass is 10.2. The predicted molar refractivity (Wildman–Crippen MR) is 70.7 cm³/mol. The van der Waals surface area contributed by atoms with Gasteiger partial charge >= 0.3 is 5.69 Å². The lowest BCUT2D eigenvalue weighted by Crippen LogP contribution is -2.26. The van der Waals surface area contributed by atoms with Crippen molar-refractivity contribution in [3.63, 3.8) is 0 Å². The molecule has 9 nitrogen and oxygen atoms in total. The van der Waals surface area contributed by atoms with Gasteiger partial charge < -0.3 is 4.90 Å². The van der Waals surface area contributed by atoms with Crippen LogP contribution >= 0.6 is 0 Å². The fraction of sp³-hybridized carbons (Fsp3) is 0.333. The molecule has 0 spiro atoms. The molecule has 2 N–H and O–H groups in total. The van der Waals surface area contributed by atoms with E-state index in [0.29, 0.717) is 0 Å². The Morgan fingerprint density at radius 2 is 1.85 bits per heavy atom. The molecule has 0 fully saturated rings. The average molecular weight is 322 g/mol. The van der Waals surface area contributed by atoms with Crippen LogP contribution in [-0.2, 0) is 20.2 Å². The molecule has 0 aliphatic heterocycles. The van der Waals surface area contributed by atoms with E-state index in [1.807, 2.05) is 0 Å². The molecule has 0 heterocycles. The maximum absolute atomic E-state index is 11.3. The molecule has 0 saturated heterocycles. The van der Waals surface area contributed by atoms with Crippen molar-refractivity contribution in [2.75, 3.05) is 24.2 Å². The van der Waals surface area contributed by atoms with Gasteiger partial charge in [0.2, 0.25) is 5.39 Å². The van der Waals surface area contributed by atoms with E-state index in [2.05, 4.69) is 4.98 Å². The molecule has 0 atom stereocenters. The molecule has 11 heteroatoms. The maximum Gasteiger partial charge on any atom is 0.386 e. The number of diazo groups is 1. The van der Waals surface area contributed by atoms with Crippen molar-refractivity contribution in [3.05, 3.63) is 23.2 Å². The minimum Gasteiger partial charge on any atom is -0.372 e. The van der Waals surface area contributed by atoms with Crippen LogP contribution < -0.4 is 4.90 Å². The summed E-state index contributed by atoms with van der Waals surface area (Å²) in [4.78, 5) is 3.48. The summed E-state index contributed by atoms with van der Waals surface area (Å²) in [5, 5.41) is 8.59. The quantitative estimate of drug-likeness (QED) is 0.597. The lowest BCUT2D eigenvalue weighted by molar-refractivity contribution is 0.482. The van der Waals surface area contributed by atoms with Gasteiger partial charge in [-0.1, -0.05) is 0 Å². The fourth-order valence-electron chi connectivity index (χ4n) is 1.46. The highest BCUT2D eigenvalue weighted by Gasteiger charge is 2.23. The number of anilines is 1. The first-order chi connectivity index (χ1) is 9.04. The zero-order chi connectivity index (χ0) is 15.6. The van der Waals surface area contributed by atoms with Crippen molar-refractivity contribution in [2.45, 2.75) is 4.90 Å². The second-order valence-corrected chi connectivity index (χ2v) is 6.90. The van der Waals surface area contributed by atoms with Crippen LogP contribution in [0.4, 0.5) is 11.4 Å². The van der Waals surface area contributed by atoms with Crippen LogP contribution in [0.2, 0.25) is 0 Å². The minimum atomic E-state index is -4.59. The fourth-order valence-corrected chi connectivity index (χ4v) is 2.72. The largest absolute Gasteiger partial charge is 0.386 e. The summed E-state index contributed by atoms with van der Waals surface area (Å²) in [5.41, 5.74) is -0.0897. The van der Waals surface area contributed by atoms with Crippen molar-refractivity contribution >= 4 is 31.6 Å². The third kappa shape index (κ3) is 4.42. The zero-order valence-corrected chi connectivity index (χ0v) is 12.0. The van der Waals surface area contributed by atoms with E-state index < -0.39 is 30.9 Å². The SMILES string of the molecule is CN(CCS(=O)(=O)O)c1ccc([N+]#N)cc1S(=O)(=O)O. The van der Waals surface area contributed by atoms with Crippen LogP contribution in [0.15, 0.2) is 23.1 Å². The first-order valence-corrected chi connectivity index (χ1v) is 8.22. The standard InChI is InChI=1S/C9H11N3O6S2/c1-12(4-5-19(13,14)15)8-3-2-7(11-10)6-9(8)20(16,17)18/h2-3,6H,4-5H2,1H3,(H-,13,14,15,16,17,18)/p+1. The molecular weight excluding hydrogens is 310 g/mol. The van der Waals surface area contributed by atoms with Crippen LogP contribution in [0.3, 0.4) is 0 Å². The third-order valence-electron chi connectivity index (χ3n) is 2.43. The van der Waals surface area contributed by atoms with Gasteiger partial charge in [0.15, 0.2) is 4.98 Å². The first kappa shape index (κ1) is 16.3. The van der Waals surface area contributed by atoms with Gasteiger partial charge in [-0.2, -0.15) is 16.8 Å². The number of hydrogen-bond donors (Lipinski definition) is 2. The maximum atomic E-state index is 11.3. The van der Waals surface area contributed by atoms with E-state index >= 15 is 0 Å². The van der Waals surface area contributed by atoms with Crippen molar-refractivity contribution in [2.24, 2.45) is 0 Å². The molecular formula is C9H12N3O6S2+. The number of rotatable bonds is 5. The summed E-state index contributed by atoms with van der Waals surface area (Å²) in [7, 11) is -7.41. The van der Waals surface area contributed by atoms with Crippen molar-refractivity contribution in [3.8, 4) is 0 Å². The van der Waals surface area contributed by atoms with Crippen LogP contribution in [0, 0.1) is 5.39 Å². The van der Waals surface area contributed by atoms with Crippen LogP contribution in [-0.4, -0.2) is 45.3 Å². The van der Waals surface area contributed by atoms with Crippen LogP contribution in [0.25, 0.3) is 4.98 Å². The Morgan fingerprint density at radius 3 is 2.30 bits per heavy atom. The van der Waals surface area contributed by atoms with Gasteiger partial charge in [-0.15, -0.1) is 0 Å². The van der Waals surface area contributed by atoms with Gasteiger partial charge in [0.1, 0.15) is 4.90 Å². The molecule has 110 valence electrons. The van der Waals surface area contributed by atoms with Crippen LogP contribution in [0.1, 0.15) is 0 Å². The molecule has 1 aromatic carbocycles. The average Bonchev–Trinajstić information content (AvgIpc) is 2.33. The number of hydrogen-bond acceptors (Lipinski definition) is 6. The summed E-state index contributed by atoms with van der Waals surface area (Å²) >= 11 is 0. The second-order valence-electron chi connectivity index (χ2n) is 3.93. The summed E-state index contributed by atoms with van der Waals surface area (Å²) in [5.74, 6) is -0.611. The Morgan fingerprint density at radius 1 is 1.25 bits per heavy atom.